The van der Waals surface area contributed by atoms with Gasteiger partial charge in [0.05, 0.1) is 6.54 Å². The zero-order valence-corrected chi connectivity index (χ0v) is 12.4. The number of amides is 1. The summed E-state index contributed by atoms with van der Waals surface area (Å²) in [7, 11) is 4.01. The predicted molar refractivity (Wildman–Crippen MR) is 78.9 cm³/mol. The number of carbonyl (C=O) groups is 1. The number of benzene rings is 1. The molecule has 0 saturated heterocycles. The molecule has 2 N–H and O–H groups in total. The molecule has 106 valence electrons. The summed E-state index contributed by atoms with van der Waals surface area (Å²) in [6, 6.07) is 6.33. The van der Waals surface area contributed by atoms with Crippen molar-refractivity contribution in [3.63, 3.8) is 0 Å². The number of carbonyl (C=O) groups excluding carboxylic acids is 1. The van der Waals surface area contributed by atoms with Gasteiger partial charge >= 0.3 is 0 Å². The van der Waals surface area contributed by atoms with Crippen LogP contribution in [0.1, 0.15) is 16.7 Å². The molecule has 0 saturated carbocycles. The van der Waals surface area contributed by atoms with Gasteiger partial charge in [-0.15, -0.1) is 0 Å². The third-order valence-corrected chi connectivity index (χ3v) is 3.21. The second-order valence-corrected chi connectivity index (χ2v) is 5.25. The Balaban J connectivity index is 2.81. The predicted octanol–water partition coefficient (Wildman–Crippen LogP) is 1.15. The van der Waals surface area contributed by atoms with E-state index in [9.17, 15) is 4.79 Å². The third kappa shape index (κ3) is 5.01. The van der Waals surface area contributed by atoms with Gasteiger partial charge < -0.3 is 15.5 Å². The normalized spacial score (nSPS) is 10.8. The van der Waals surface area contributed by atoms with Crippen LogP contribution in [0, 0.1) is 13.8 Å². The van der Waals surface area contributed by atoms with E-state index in [1.807, 2.05) is 19.0 Å². The fourth-order valence-electron chi connectivity index (χ4n) is 1.92. The van der Waals surface area contributed by atoms with E-state index in [0.717, 1.165) is 6.54 Å². The van der Waals surface area contributed by atoms with Crippen molar-refractivity contribution in [1.29, 1.82) is 0 Å². The largest absolute Gasteiger partial charge is 0.336 e. The van der Waals surface area contributed by atoms with Gasteiger partial charge in [-0.2, -0.15) is 0 Å². The van der Waals surface area contributed by atoms with Gasteiger partial charge in [0.15, 0.2) is 0 Å². The molecule has 4 heteroatoms. The van der Waals surface area contributed by atoms with Crippen LogP contribution in [-0.4, -0.2) is 49.4 Å². The molecule has 0 unspecified atom stereocenters. The number of rotatable bonds is 6. The molecule has 1 amide bonds. The number of hydrogen-bond acceptors (Lipinski definition) is 3. The number of aryl methyl sites for hydroxylation is 2. The number of nitrogens with two attached hydrogens (primary N) is 1. The van der Waals surface area contributed by atoms with E-state index in [1.54, 1.807) is 0 Å². The second kappa shape index (κ2) is 7.26. The summed E-state index contributed by atoms with van der Waals surface area (Å²) in [5.74, 6) is 0.00255. The maximum absolute atomic E-state index is 11.9. The molecule has 0 bridgehead atoms. The van der Waals surface area contributed by atoms with Crippen LogP contribution < -0.4 is 5.73 Å². The zero-order valence-electron chi connectivity index (χ0n) is 12.4. The Morgan fingerprint density at radius 1 is 1.21 bits per heavy atom. The van der Waals surface area contributed by atoms with Crippen molar-refractivity contribution >= 4 is 5.91 Å². The summed E-state index contributed by atoms with van der Waals surface area (Å²) in [6.07, 6.45) is 0. The lowest BCUT2D eigenvalue weighted by molar-refractivity contribution is -0.130. The van der Waals surface area contributed by atoms with E-state index in [4.69, 9.17) is 5.73 Å². The van der Waals surface area contributed by atoms with Crippen molar-refractivity contribution in [2.24, 2.45) is 5.73 Å². The maximum atomic E-state index is 11.9. The fourth-order valence-corrected chi connectivity index (χ4v) is 1.92. The second-order valence-electron chi connectivity index (χ2n) is 5.25. The average molecular weight is 263 g/mol. The van der Waals surface area contributed by atoms with Crippen LogP contribution in [0.15, 0.2) is 18.2 Å². The Kier molecular flexibility index (Phi) is 5.99. The van der Waals surface area contributed by atoms with E-state index < -0.39 is 0 Å². The summed E-state index contributed by atoms with van der Waals surface area (Å²) in [4.78, 5) is 15.8. The quantitative estimate of drug-likeness (QED) is 0.837. The van der Waals surface area contributed by atoms with Crippen molar-refractivity contribution in [3.05, 3.63) is 34.9 Å². The van der Waals surface area contributed by atoms with Crippen molar-refractivity contribution < 1.29 is 4.79 Å². The van der Waals surface area contributed by atoms with Gasteiger partial charge in [-0.1, -0.05) is 23.8 Å². The summed E-state index contributed by atoms with van der Waals surface area (Å²) >= 11 is 0. The monoisotopic (exact) mass is 263 g/mol. The molecule has 0 aromatic heterocycles. The van der Waals surface area contributed by atoms with E-state index in [0.29, 0.717) is 13.1 Å². The van der Waals surface area contributed by atoms with Crippen LogP contribution in [0.25, 0.3) is 0 Å². The van der Waals surface area contributed by atoms with Crippen LogP contribution in [0.5, 0.6) is 0 Å². The molecule has 4 nitrogen and oxygen atoms in total. The van der Waals surface area contributed by atoms with Gasteiger partial charge in [-0.3, -0.25) is 4.79 Å². The van der Waals surface area contributed by atoms with Gasteiger partial charge in [-0.25, -0.2) is 0 Å². The molecule has 0 radical (unpaired) electrons. The zero-order chi connectivity index (χ0) is 14.4. The SMILES string of the molecule is Cc1ccc(C)c(CN(CCN(C)C)C(=O)CN)c1. The highest BCUT2D eigenvalue weighted by molar-refractivity contribution is 5.78. The molecule has 0 aliphatic heterocycles. The Morgan fingerprint density at radius 2 is 1.89 bits per heavy atom. The standard InChI is InChI=1S/C15H25N3O/c1-12-5-6-13(2)14(9-12)11-18(15(19)10-16)8-7-17(3)4/h5-6,9H,7-8,10-11,16H2,1-4H3. The number of nitrogens with zero attached hydrogens (tertiary/aromatic N) is 2. The molecule has 0 heterocycles. The first-order chi connectivity index (χ1) is 8.93. The van der Waals surface area contributed by atoms with E-state index in [2.05, 4.69) is 36.9 Å². The summed E-state index contributed by atoms with van der Waals surface area (Å²) < 4.78 is 0. The lowest BCUT2D eigenvalue weighted by Gasteiger charge is -2.25. The van der Waals surface area contributed by atoms with Crippen LogP contribution >= 0.6 is 0 Å². The topological polar surface area (TPSA) is 49.6 Å². The highest BCUT2D eigenvalue weighted by atomic mass is 16.2. The summed E-state index contributed by atoms with van der Waals surface area (Å²) in [5.41, 5.74) is 9.12. The highest BCUT2D eigenvalue weighted by Gasteiger charge is 2.13. The van der Waals surface area contributed by atoms with Gasteiger partial charge in [-0.05, 0) is 39.1 Å². The average Bonchev–Trinajstić information content (AvgIpc) is 2.37. The fraction of sp³-hybridized carbons (Fsp3) is 0.533. The minimum absolute atomic E-state index is 0.00255. The minimum atomic E-state index is 0.00255. The van der Waals surface area contributed by atoms with Crippen LogP contribution in [-0.2, 0) is 11.3 Å². The molecule has 0 atom stereocenters. The van der Waals surface area contributed by atoms with Crippen LogP contribution in [0.4, 0.5) is 0 Å². The highest BCUT2D eigenvalue weighted by Crippen LogP contribution is 2.13. The van der Waals surface area contributed by atoms with E-state index in [1.165, 1.54) is 16.7 Å². The van der Waals surface area contributed by atoms with Crippen molar-refractivity contribution in [2.75, 3.05) is 33.7 Å². The molecule has 0 fully saturated rings. The molecular weight excluding hydrogens is 238 g/mol. The molecule has 1 rings (SSSR count). The molecule has 0 aliphatic carbocycles. The van der Waals surface area contributed by atoms with Crippen LogP contribution in [0.3, 0.4) is 0 Å². The lowest BCUT2D eigenvalue weighted by atomic mass is 10.1. The van der Waals surface area contributed by atoms with Gasteiger partial charge in [0.1, 0.15) is 0 Å². The molecule has 1 aromatic carbocycles. The Morgan fingerprint density at radius 3 is 2.47 bits per heavy atom. The van der Waals surface area contributed by atoms with Crippen molar-refractivity contribution in [3.8, 4) is 0 Å². The number of likely N-dealkylation sites (N-methyl/N-ethyl adjacent to an activating group) is 1. The first kappa shape index (κ1) is 15.7. The minimum Gasteiger partial charge on any atom is -0.336 e. The summed E-state index contributed by atoms with van der Waals surface area (Å²) in [5, 5.41) is 0. The van der Waals surface area contributed by atoms with Crippen LogP contribution in [0.2, 0.25) is 0 Å². The molecular formula is C15H25N3O. The van der Waals surface area contributed by atoms with Gasteiger partial charge in [0, 0.05) is 19.6 Å². The smallest absolute Gasteiger partial charge is 0.236 e. The van der Waals surface area contributed by atoms with E-state index in [-0.39, 0.29) is 12.5 Å². The number of hydrogen-bond donors (Lipinski definition) is 1. The summed E-state index contributed by atoms with van der Waals surface area (Å²) in [6.45, 7) is 6.40. The Bertz CT molecular complexity index is 429. The molecule has 0 spiro atoms. The van der Waals surface area contributed by atoms with Crippen molar-refractivity contribution in [2.45, 2.75) is 20.4 Å². The molecule has 1 aromatic rings. The van der Waals surface area contributed by atoms with E-state index >= 15 is 0 Å². The molecule has 0 aliphatic rings. The molecule has 19 heavy (non-hydrogen) atoms. The lowest BCUT2D eigenvalue weighted by Crippen LogP contribution is -2.39. The first-order valence-electron chi connectivity index (χ1n) is 6.62. The Labute approximate surface area is 116 Å². The van der Waals surface area contributed by atoms with Crippen molar-refractivity contribution in [1.82, 2.24) is 9.80 Å². The third-order valence-electron chi connectivity index (χ3n) is 3.21. The van der Waals surface area contributed by atoms with Gasteiger partial charge in [0.25, 0.3) is 0 Å². The Hall–Kier alpha value is -1.39. The van der Waals surface area contributed by atoms with Gasteiger partial charge in [0.2, 0.25) is 5.91 Å². The first-order valence-corrected chi connectivity index (χ1v) is 6.62. The maximum Gasteiger partial charge on any atom is 0.236 e.